The molecule has 2 fully saturated rings. The van der Waals surface area contributed by atoms with E-state index in [-0.39, 0.29) is 6.10 Å². The van der Waals surface area contributed by atoms with Gasteiger partial charge in [0.2, 0.25) is 0 Å². The van der Waals surface area contributed by atoms with Crippen LogP contribution in [0.25, 0.3) is 0 Å². The van der Waals surface area contributed by atoms with Crippen LogP contribution in [-0.4, -0.2) is 48.8 Å². The zero-order chi connectivity index (χ0) is 12.5. The number of ether oxygens (including phenoxy) is 1. The highest BCUT2D eigenvalue weighted by Gasteiger charge is 2.41. The quantitative estimate of drug-likeness (QED) is 0.898. The lowest BCUT2D eigenvalue weighted by Crippen LogP contribution is -2.49. The molecule has 4 nitrogen and oxygen atoms in total. The molecule has 0 aromatic carbocycles. The molecule has 2 aliphatic rings. The molecular weight excluding hydrogens is 246 g/mol. The Labute approximate surface area is 112 Å². The maximum absolute atomic E-state index is 5.96. The van der Waals surface area contributed by atoms with Crippen molar-refractivity contribution in [3.05, 3.63) is 16.1 Å². The minimum absolute atomic E-state index is 0.228. The molecule has 1 N–H and O–H groups in total. The smallest absolute Gasteiger partial charge is 0.0912 e. The summed E-state index contributed by atoms with van der Waals surface area (Å²) < 4.78 is 5.96. The van der Waals surface area contributed by atoms with Gasteiger partial charge in [0, 0.05) is 24.5 Å². The first-order valence-electron chi connectivity index (χ1n) is 6.73. The van der Waals surface area contributed by atoms with Gasteiger partial charge in [-0.25, -0.2) is 4.98 Å². The third-order valence-electron chi connectivity index (χ3n) is 3.75. The number of rotatable bonds is 4. The van der Waals surface area contributed by atoms with E-state index in [2.05, 4.69) is 22.5 Å². The standard InChI is InChI=1S/C13H21N3OS/c1-9-15-11(8-18-9)13-12(7-14-2)17-6-5-16(13)10-3-4-10/h8,10,12-14H,3-7H2,1-2H3. The highest BCUT2D eigenvalue weighted by molar-refractivity contribution is 7.09. The Morgan fingerprint density at radius 1 is 1.56 bits per heavy atom. The van der Waals surface area contributed by atoms with Crippen LogP contribution in [0.4, 0.5) is 0 Å². The molecule has 0 spiro atoms. The first-order valence-corrected chi connectivity index (χ1v) is 7.61. The number of likely N-dealkylation sites (N-methyl/N-ethyl adjacent to an activating group) is 1. The van der Waals surface area contributed by atoms with Crippen molar-refractivity contribution < 1.29 is 4.74 Å². The lowest BCUT2D eigenvalue weighted by atomic mass is 10.0. The third-order valence-corrected chi connectivity index (χ3v) is 4.54. The molecule has 3 rings (SSSR count). The first kappa shape index (κ1) is 12.5. The van der Waals surface area contributed by atoms with Crippen LogP contribution in [0.3, 0.4) is 0 Å². The Morgan fingerprint density at radius 2 is 2.39 bits per heavy atom. The SMILES string of the molecule is CNCC1OCCN(C2CC2)C1c1csc(C)n1. The summed E-state index contributed by atoms with van der Waals surface area (Å²) in [6.45, 7) is 4.87. The molecule has 1 aromatic heterocycles. The van der Waals surface area contributed by atoms with Gasteiger partial charge < -0.3 is 10.1 Å². The number of nitrogens with one attached hydrogen (secondary N) is 1. The number of hydrogen-bond donors (Lipinski definition) is 1. The first-order chi connectivity index (χ1) is 8.79. The van der Waals surface area contributed by atoms with Crippen molar-refractivity contribution in [2.24, 2.45) is 0 Å². The van der Waals surface area contributed by atoms with Gasteiger partial charge in [-0.1, -0.05) is 0 Å². The van der Waals surface area contributed by atoms with Crippen molar-refractivity contribution in [3.63, 3.8) is 0 Å². The molecule has 1 aromatic rings. The number of aryl methyl sites for hydroxylation is 1. The van der Waals surface area contributed by atoms with E-state index in [1.165, 1.54) is 18.5 Å². The summed E-state index contributed by atoms with van der Waals surface area (Å²) in [5.74, 6) is 0. The van der Waals surface area contributed by atoms with Gasteiger partial charge in [0.05, 0.1) is 29.5 Å². The molecule has 0 amide bonds. The molecule has 2 unspecified atom stereocenters. The Kier molecular flexibility index (Phi) is 3.66. The van der Waals surface area contributed by atoms with Crippen LogP contribution in [0.2, 0.25) is 0 Å². The largest absolute Gasteiger partial charge is 0.374 e. The topological polar surface area (TPSA) is 37.4 Å². The Balaban J connectivity index is 1.85. The number of morpholine rings is 1. The van der Waals surface area contributed by atoms with Gasteiger partial charge in [-0.15, -0.1) is 11.3 Å². The predicted octanol–water partition coefficient (Wildman–Crippen LogP) is 1.58. The van der Waals surface area contributed by atoms with Gasteiger partial charge in [-0.3, -0.25) is 4.90 Å². The molecule has 1 aliphatic carbocycles. The summed E-state index contributed by atoms with van der Waals surface area (Å²) in [4.78, 5) is 7.31. The number of thiazole rings is 1. The van der Waals surface area contributed by atoms with Crippen LogP contribution < -0.4 is 5.32 Å². The van der Waals surface area contributed by atoms with Crippen molar-refractivity contribution in [2.75, 3.05) is 26.7 Å². The van der Waals surface area contributed by atoms with Crippen LogP contribution in [0, 0.1) is 6.92 Å². The molecule has 1 saturated carbocycles. The highest BCUT2D eigenvalue weighted by atomic mass is 32.1. The average Bonchev–Trinajstić information content (AvgIpc) is 3.12. The van der Waals surface area contributed by atoms with Gasteiger partial charge in [0.1, 0.15) is 0 Å². The van der Waals surface area contributed by atoms with Gasteiger partial charge >= 0.3 is 0 Å². The highest BCUT2D eigenvalue weighted by Crippen LogP contribution is 2.38. The van der Waals surface area contributed by atoms with Crippen LogP contribution in [0.1, 0.15) is 29.6 Å². The second-order valence-electron chi connectivity index (χ2n) is 5.17. The minimum atomic E-state index is 0.228. The maximum atomic E-state index is 5.96. The van der Waals surface area contributed by atoms with E-state index >= 15 is 0 Å². The van der Waals surface area contributed by atoms with Crippen molar-refractivity contribution in [1.29, 1.82) is 0 Å². The molecule has 0 bridgehead atoms. The van der Waals surface area contributed by atoms with E-state index < -0.39 is 0 Å². The molecule has 1 saturated heterocycles. The van der Waals surface area contributed by atoms with Gasteiger partial charge in [0.25, 0.3) is 0 Å². The Bertz CT molecular complexity index is 403. The van der Waals surface area contributed by atoms with Crippen molar-refractivity contribution in [3.8, 4) is 0 Å². The lowest BCUT2D eigenvalue weighted by Gasteiger charge is -2.40. The van der Waals surface area contributed by atoms with Gasteiger partial charge in [0.15, 0.2) is 0 Å². The number of nitrogens with zero attached hydrogens (tertiary/aromatic N) is 2. The summed E-state index contributed by atoms with van der Waals surface area (Å²) in [7, 11) is 1.99. The van der Waals surface area contributed by atoms with Crippen molar-refractivity contribution in [1.82, 2.24) is 15.2 Å². The predicted molar refractivity (Wildman–Crippen MR) is 73.0 cm³/mol. The molecular formula is C13H21N3OS. The van der Waals surface area contributed by atoms with Crippen LogP contribution in [0.15, 0.2) is 5.38 Å². The molecule has 18 heavy (non-hydrogen) atoms. The molecule has 2 atom stereocenters. The molecule has 5 heteroatoms. The molecule has 1 aliphatic heterocycles. The zero-order valence-corrected chi connectivity index (χ0v) is 11.9. The fourth-order valence-electron chi connectivity index (χ4n) is 2.82. The van der Waals surface area contributed by atoms with E-state index in [9.17, 15) is 0 Å². The number of aromatic nitrogens is 1. The second-order valence-corrected chi connectivity index (χ2v) is 6.23. The van der Waals surface area contributed by atoms with E-state index in [4.69, 9.17) is 9.72 Å². The van der Waals surface area contributed by atoms with Crippen LogP contribution in [-0.2, 0) is 4.74 Å². The maximum Gasteiger partial charge on any atom is 0.0912 e. The fourth-order valence-corrected chi connectivity index (χ4v) is 3.46. The van der Waals surface area contributed by atoms with E-state index in [0.717, 1.165) is 30.7 Å². The normalized spacial score (nSPS) is 29.7. The summed E-state index contributed by atoms with van der Waals surface area (Å²) >= 11 is 1.74. The second kappa shape index (κ2) is 5.25. The summed E-state index contributed by atoms with van der Waals surface area (Å²) in [6.07, 6.45) is 2.91. The Morgan fingerprint density at radius 3 is 3.00 bits per heavy atom. The summed E-state index contributed by atoms with van der Waals surface area (Å²) in [5, 5.41) is 6.60. The van der Waals surface area contributed by atoms with Gasteiger partial charge in [-0.2, -0.15) is 0 Å². The lowest BCUT2D eigenvalue weighted by molar-refractivity contribution is -0.0751. The summed E-state index contributed by atoms with van der Waals surface area (Å²) in [5.41, 5.74) is 1.20. The molecule has 0 radical (unpaired) electrons. The van der Waals surface area contributed by atoms with Gasteiger partial charge in [-0.05, 0) is 26.8 Å². The fraction of sp³-hybridized carbons (Fsp3) is 0.769. The van der Waals surface area contributed by atoms with E-state index in [1.807, 2.05) is 7.05 Å². The van der Waals surface area contributed by atoms with Crippen LogP contribution in [0.5, 0.6) is 0 Å². The van der Waals surface area contributed by atoms with Crippen LogP contribution >= 0.6 is 11.3 Å². The van der Waals surface area contributed by atoms with Crippen molar-refractivity contribution in [2.45, 2.75) is 38.0 Å². The minimum Gasteiger partial charge on any atom is -0.374 e. The monoisotopic (exact) mass is 267 g/mol. The van der Waals surface area contributed by atoms with E-state index in [1.54, 1.807) is 11.3 Å². The Hall–Kier alpha value is -0.490. The number of hydrogen-bond acceptors (Lipinski definition) is 5. The molecule has 100 valence electrons. The average molecular weight is 267 g/mol. The van der Waals surface area contributed by atoms with Crippen molar-refractivity contribution >= 4 is 11.3 Å². The van der Waals surface area contributed by atoms with E-state index in [0.29, 0.717) is 6.04 Å². The molecule has 2 heterocycles. The summed E-state index contributed by atoms with van der Waals surface area (Å²) in [6, 6.07) is 1.10. The zero-order valence-electron chi connectivity index (χ0n) is 11.1. The third kappa shape index (κ3) is 2.45.